The first-order chi connectivity index (χ1) is 7.43. The van der Waals surface area contributed by atoms with Crippen molar-refractivity contribution in [1.29, 1.82) is 0 Å². The minimum Gasteiger partial charge on any atom is -1.00 e. The molecule has 0 saturated carbocycles. The van der Waals surface area contributed by atoms with E-state index < -0.39 is 0 Å². The fourth-order valence-corrected chi connectivity index (χ4v) is 1.62. The molecule has 0 saturated heterocycles. The normalized spacial score (nSPS) is 8.32. The van der Waals surface area contributed by atoms with Crippen molar-refractivity contribution in [3.63, 3.8) is 0 Å². The van der Waals surface area contributed by atoms with Crippen LogP contribution in [0.1, 0.15) is 33.4 Å². The maximum atomic E-state index is 2.16. The van der Waals surface area contributed by atoms with Crippen LogP contribution in [0, 0.1) is 41.5 Å². The molecule has 106 valence electrons. The Morgan fingerprint density at radius 1 is 0.684 bits per heavy atom. The fraction of sp³-hybridized carbons (Fsp3) is 0.375. The van der Waals surface area contributed by atoms with Crippen LogP contribution >= 0.6 is 0 Å². The van der Waals surface area contributed by atoms with Crippen molar-refractivity contribution in [3.05, 3.63) is 57.6 Å². The summed E-state index contributed by atoms with van der Waals surface area (Å²) in [7, 11) is 0. The van der Waals surface area contributed by atoms with Crippen molar-refractivity contribution in [1.82, 2.24) is 0 Å². The quantitative estimate of drug-likeness (QED) is 0.523. The first kappa shape index (κ1) is 23.9. The Hall–Kier alpha value is -0.188. The van der Waals surface area contributed by atoms with Gasteiger partial charge in [0.15, 0.2) is 0 Å². The van der Waals surface area contributed by atoms with Crippen LogP contribution in [0.4, 0.5) is 0 Å². The number of hydrogen-bond donors (Lipinski definition) is 0. The van der Waals surface area contributed by atoms with Gasteiger partial charge in [-0.15, -0.1) is 0 Å². The molecule has 0 heterocycles. The van der Waals surface area contributed by atoms with Gasteiger partial charge < -0.3 is 24.8 Å². The van der Waals surface area contributed by atoms with E-state index in [2.05, 4.69) is 65.8 Å². The largest absolute Gasteiger partial charge is 4.00 e. The van der Waals surface area contributed by atoms with Crippen molar-refractivity contribution < 1.29 is 42.2 Å². The second-order valence-corrected chi connectivity index (χ2v) is 4.65. The summed E-state index contributed by atoms with van der Waals surface area (Å²) >= 11 is 0. The van der Waals surface area contributed by atoms with E-state index in [1.165, 1.54) is 33.4 Å². The third-order valence-electron chi connectivity index (χ3n) is 3.53. The SMILES string of the molecule is Cc1cc[c-](C)c1C.Cc1cc[c-](C)c1C.[Cl-].[Cl-].[Cr+4]. The van der Waals surface area contributed by atoms with Gasteiger partial charge in [-0.25, -0.2) is 12.1 Å². The Morgan fingerprint density at radius 3 is 1.00 bits per heavy atom. The summed E-state index contributed by atoms with van der Waals surface area (Å²) < 4.78 is 0. The predicted molar refractivity (Wildman–Crippen MR) is 72.5 cm³/mol. The minimum atomic E-state index is 0. The van der Waals surface area contributed by atoms with Crippen LogP contribution in [0.25, 0.3) is 0 Å². The minimum absolute atomic E-state index is 0. The summed E-state index contributed by atoms with van der Waals surface area (Å²) in [6.07, 6.45) is 0. The molecular weight excluding hydrogens is 315 g/mol. The van der Waals surface area contributed by atoms with E-state index in [4.69, 9.17) is 0 Å². The van der Waals surface area contributed by atoms with Crippen LogP contribution in [0.15, 0.2) is 24.3 Å². The second kappa shape index (κ2) is 10.6. The maximum absolute atomic E-state index is 2.16. The van der Waals surface area contributed by atoms with Gasteiger partial charge in [0.1, 0.15) is 0 Å². The topological polar surface area (TPSA) is 0 Å². The van der Waals surface area contributed by atoms with E-state index in [-0.39, 0.29) is 42.2 Å². The zero-order valence-corrected chi connectivity index (χ0v) is 15.3. The van der Waals surface area contributed by atoms with Crippen molar-refractivity contribution >= 4 is 0 Å². The van der Waals surface area contributed by atoms with Crippen LogP contribution in [-0.2, 0) is 17.4 Å². The van der Waals surface area contributed by atoms with Gasteiger partial charge in [-0.1, -0.05) is 41.5 Å². The van der Waals surface area contributed by atoms with Crippen LogP contribution in [0.3, 0.4) is 0 Å². The molecule has 2 rings (SSSR count). The van der Waals surface area contributed by atoms with E-state index >= 15 is 0 Å². The monoisotopic (exact) mass is 336 g/mol. The summed E-state index contributed by atoms with van der Waals surface area (Å²) in [5, 5.41) is 0. The van der Waals surface area contributed by atoms with E-state index in [1.807, 2.05) is 0 Å². The summed E-state index contributed by atoms with van der Waals surface area (Å²) in [4.78, 5) is 0. The van der Waals surface area contributed by atoms with Crippen molar-refractivity contribution in [2.45, 2.75) is 41.5 Å². The molecule has 0 spiro atoms. The Balaban J connectivity index is -0.000000233. The number of hydrogen-bond acceptors (Lipinski definition) is 0. The molecule has 0 unspecified atom stereocenters. The third kappa shape index (κ3) is 6.68. The molecule has 0 nitrogen and oxygen atoms in total. The van der Waals surface area contributed by atoms with Crippen molar-refractivity contribution in [2.75, 3.05) is 0 Å². The number of aryl methyl sites for hydroxylation is 4. The Labute approximate surface area is 141 Å². The van der Waals surface area contributed by atoms with Crippen LogP contribution in [0.5, 0.6) is 0 Å². The molecule has 0 aromatic heterocycles. The van der Waals surface area contributed by atoms with Crippen LogP contribution in [0.2, 0.25) is 0 Å². The molecule has 0 aliphatic rings. The molecule has 0 aliphatic heterocycles. The number of rotatable bonds is 0. The Morgan fingerprint density at radius 2 is 0.947 bits per heavy atom. The molecule has 2 aromatic carbocycles. The smallest absolute Gasteiger partial charge is 1.00 e. The van der Waals surface area contributed by atoms with Gasteiger partial charge in [0.2, 0.25) is 0 Å². The molecule has 2 aromatic rings. The maximum Gasteiger partial charge on any atom is 4.00 e. The van der Waals surface area contributed by atoms with Gasteiger partial charge in [0, 0.05) is 0 Å². The first-order valence-electron chi connectivity index (χ1n) is 5.82. The zero-order chi connectivity index (χ0) is 12.3. The Bertz CT molecular complexity index is 384. The molecule has 19 heavy (non-hydrogen) atoms. The van der Waals surface area contributed by atoms with Crippen LogP contribution < -0.4 is 24.8 Å². The molecule has 0 fully saturated rings. The molecular formula is C16H22Cl2Cr. The fourth-order valence-electron chi connectivity index (χ4n) is 1.62. The average Bonchev–Trinajstić information content (AvgIpc) is 2.70. The van der Waals surface area contributed by atoms with E-state index in [9.17, 15) is 0 Å². The first-order valence-corrected chi connectivity index (χ1v) is 5.82. The van der Waals surface area contributed by atoms with Crippen LogP contribution in [-0.4, -0.2) is 0 Å². The van der Waals surface area contributed by atoms with Gasteiger partial charge in [-0.2, -0.15) is 45.5 Å². The molecule has 0 bridgehead atoms. The summed E-state index contributed by atoms with van der Waals surface area (Å²) in [6, 6.07) is 8.63. The molecule has 3 heteroatoms. The molecule has 0 N–H and O–H groups in total. The summed E-state index contributed by atoms with van der Waals surface area (Å²) in [6.45, 7) is 12.9. The summed E-state index contributed by atoms with van der Waals surface area (Å²) in [5.41, 5.74) is 8.49. The Kier molecular flexibility index (Phi) is 13.3. The zero-order valence-electron chi connectivity index (χ0n) is 12.5. The van der Waals surface area contributed by atoms with Gasteiger partial charge in [-0.3, -0.25) is 0 Å². The number of halogens is 2. The molecule has 0 aliphatic carbocycles. The molecule has 0 amide bonds. The van der Waals surface area contributed by atoms with E-state index in [0.29, 0.717) is 0 Å². The summed E-state index contributed by atoms with van der Waals surface area (Å²) in [5.74, 6) is 0. The third-order valence-corrected chi connectivity index (χ3v) is 3.53. The van der Waals surface area contributed by atoms with E-state index in [1.54, 1.807) is 0 Å². The molecule has 0 atom stereocenters. The van der Waals surface area contributed by atoms with Gasteiger partial charge >= 0.3 is 17.4 Å². The standard InChI is InChI=1S/2C8H11.2ClH.Cr/c2*1-6-4-5-7(2)8(6)3;;;/h2*4-5H,1-3H3;2*1H;/q2*-1;;;+4/p-2. The van der Waals surface area contributed by atoms with Crippen molar-refractivity contribution in [3.8, 4) is 0 Å². The van der Waals surface area contributed by atoms with E-state index in [0.717, 1.165) is 0 Å². The average molecular weight is 337 g/mol. The second-order valence-electron chi connectivity index (χ2n) is 4.65. The van der Waals surface area contributed by atoms with Gasteiger partial charge in [0.25, 0.3) is 0 Å². The predicted octanol–water partition coefficient (Wildman–Crippen LogP) is -1.33. The van der Waals surface area contributed by atoms with Gasteiger partial charge in [0.05, 0.1) is 0 Å². The van der Waals surface area contributed by atoms with Gasteiger partial charge in [-0.05, 0) is 0 Å². The van der Waals surface area contributed by atoms with Crippen molar-refractivity contribution in [2.24, 2.45) is 0 Å². The molecule has 0 radical (unpaired) electrons.